The van der Waals surface area contributed by atoms with E-state index in [1.807, 2.05) is 60.7 Å². The van der Waals surface area contributed by atoms with Crippen molar-refractivity contribution >= 4 is 61.2 Å². The molecule has 4 aromatic rings. The second-order valence-corrected chi connectivity index (χ2v) is 10.3. The summed E-state index contributed by atoms with van der Waals surface area (Å²) in [6.45, 7) is 2.53. The molecular formula is C32H35BrN2O8. The number of hydroxylamine groups is 2. The van der Waals surface area contributed by atoms with E-state index >= 15 is 0 Å². The number of amides is 2. The van der Waals surface area contributed by atoms with Crippen molar-refractivity contribution in [3.8, 4) is 0 Å². The van der Waals surface area contributed by atoms with E-state index in [1.165, 1.54) is 44.3 Å². The van der Waals surface area contributed by atoms with E-state index in [4.69, 9.17) is 10.0 Å². The average molecular weight is 656 g/mol. The van der Waals surface area contributed by atoms with Crippen molar-refractivity contribution in [2.75, 3.05) is 14.2 Å². The first kappa shape index (κ1) is 34.9. The number of esters is 2. The van der Waals surface area contributed by atoms with Gasteiger partial charge < -0.3 is 9.47 Å². The Balaban J connectivity index is 0.000000264. The first-order valence-corrected chi connectivity index (χ1v) is 14.1. The van der Waals surface area contributed by atoms with E-state index in [0.717, 1.165) is 21.9 Å². The van der Waals surface area contributed by atoms with Crippen molar-refractivity contribution in [3.05, 3.63) is 96.1 Å². The number of rotatable bonds is 8. The molecule has 2 amide bonds. The van der Waals surface area contributed by atoms with Crippen LogP contribution in [0.3, 0.4) is 0 Å². The summed E-state index contributed by atoms with van der Waals surface area (Å²) in [5.74, 6) is -1.58. The molecule has 11 heteroatoms. The van der Waals surface area contributed by atoms with E-state index < -0.39 is 18.0 Å². The van der Waals surface area contributed by atoms with Gasteiger partial charge >= 0.3 is 11.9 Å². The summed E-state index contributed by atoms with van der Waals surface area (Å²) in [4.78, 5) is 48.2. The Kier molecular flexibility index (Phi) is 14.8. The van der Waals surface area contributed by atoms with Crippen LogP contribution in [0.25, 0.3) is 21.5 Å². The number of nitrogens with one attached hydrogen (secondary N) is 2. The summed E-state index contributed by atoms with van der Waals surface area (Å²) in [5, 5.41) is 12.1. The number of carbonyl (C=O) groups excluding carboxylic acids is 4. The maximum Gasteiger partial charge on any atom is 0.338 e. The molecule has 3 N–H and O–H groups in total. The van der Waals surface area contributed by atoms with Gasteiger partial charge in [-0.2, -0.15) is 0 Å². The predicted molar refractivity (Wildman–Crippen MR) is 166 cm³/mol. The van der Waals surface area contributed by atoms with Crippen molar-refractivity contribution < 1.29 is 38.7 Å². The van der Waals surface area contributed by atoms with Crippen LogP contribution in [0.15, 0.2) is 84.9 Å². The van der Waals surface area contributed by atoms with Crippen LogP contribution in [0.1, 0.15) is 25.0 Å². The number of benzene rings is 4. The zero-order chi connectivity index (χ0) is 31.8. The first-order chi connectivity index (χ1) is 20.6. The molecule has 0 radical (unpaired) electrons. The molecule has 2 atom stereocenters. The lowest BCUT2D eigenvalue weighted by Crippen LogP contribution is -2.35. The molecule has 0 aromatic heterocycles. The van der Waals surface area contributed by atoms with Crippen LogP contribution >= 0.6 is 15.9 Å². The molecular weight excluding hydrogens is 620 g/mol. The minimum absolute atomic E-state index is 0.238. The van der Waals surface area contributed by atoms with Gasteiger partial charge in [0.05, 0.1) is 14.2 Å². The predicted octanol–water partition coefficient (Wildman–Crippen LogP) is 4.82. The fourth-order valence-electron chi connectivity index (χ4n) is 3.82. The van der Waals surface area contributed by atoms with Gasteiger partial charge in [0.1, 0.15) is 4.83 Å². The lowest BCUT2D eigenvalue weighted by atomic mass is 10.0. The topological polar surface area (TPSA) is 140 Å². The largest absolute Gasteiger partial charge is 0.468 e. The van der Waals surface area contributed by atoms with Gasteiger partial charge in [-0.3, -0.25) is 24.4 Å². The van der Waals surface area contributed by atoms with Gasteiger partial charge in [0.25, 0.3) is 0 Å². The number of fused-ring (bicyclic) bond motifs is 2. The lowest BCUT2D eigenvalue weighted by molar-refractivity contribution is -0.162. The molecule has 0 aliphatic rings. The van der Waals surface area contributed by atoms with Crippen molar-refractivity contribution in [2.24, 2.45) is 0 Å². The second-order valence-electron chi connectivity index (χ2n) is 9.22. The molecule has 0 aliphatic carbocycles. The Labute approximate surface area is 258 Å². The SMILES string of the molecule is CC(=O)NO.COC(=O)[C@H](Br)Cc1ccc2ccccc2c1.COC(=O)[C@H](Cc1ccc2ccccc2c1)ONC(C)=O. The molecule has 0 fully saturated rings. The number of alkyl halides is 1. The summed E-state index contributed by atoms with van der Waals surface area (Å²) in [6.07, 6.45) is 0.0787. The van der Waals surface area contributed by atoms with Crippen LogP contribution < -0.4 is 11.0 Å². The Hall–Kier alpha value is -4.32. The summed E-state index contributed by atoms with van der Waals surface area (Å²) in [6, 6.07) is 28.2. The number of hydrogen-bond acceptors (Lipinski definition) is 8. The van der Waals surface area contributed by atoms with Gasteiger partial charge in [-0.15, -0.1) is 0 Å². The van der Waals surface area contributed by atoms with Gasteiger partial charge in [-0.25, -0.2) is 15.8 Å². The van der Waals surface area contributed by atoms with Crippen molar-refractivity contribution in [3.63, 3.8) is 0 Å². The zero-order valence-corrected chi connectivity index (χ0v) is 25.9. The van der Waals surface area contributed by atoms with Gasteiger partial charge in [0.2, 0.25) is 11.8 Å². The molecule has 0 heterocycles. The molecule has 4 aromatic carbocycles. The standard InChI is InChI=1S/C16H17NO4.C14H13BrO2.C2H5NO2/c1-11(18)17-21-15(16(19)20-2)10-12-7-8-13-5-3-4-6-14(13)9-12;1-17-14(16)13(15)9-10-6-7-11-4-2-3-5-12(11)8-10;1-2(4)3-5/h3-9,15H,10H2,1-2H3,(H,17,18);2-8,13H,9H2,1H3;5H,1H3,(H,3,4)/t15-;13-;/m01./s1. The highest BCUT2D eigenvalue weighted by molar-refractivity contribution is 9.10. The van der Waals surface area contributed by atoms with Crippen LogP contribution in [0, 0.1) is 0 Å². The van der Waals surface area contributed by atoms with E-state index in [0.29, 0.717) is 12.8 Å². The highest BCUT2D eigenvalue weighted by atomic mass is 79.9. The molecule has 0 saturated carbocycles. The van der Waals surface area contributed by atoms with Gasteiger partial charge in [0.15, 0.2) is 6.10 Å². The van der Waals surface area contributed by atoms with Crippen molar-refractivity contribution in [1.29, 1.82) is 0 Å². The molecule has 43 heavy (non-hydrogen) atoms. The summed E-state index contributed by atoms with van der Waals surface area (Å²) in [5.41, 5.74) is 5.61. The molecule has 10 nitrogen and oxygen atoms in total. The molecule has 228 valence electrons. The Morgan fingerprint density at radius 2 is 1.14 bits per heavy atom. The normalized spacial score (nSPS) is 11.5. The highest BCUT2D eigenvalue weighted by Crippen LogP contribution is 2.19. The molecule has 0 unspecified atom stereocenters. The van der Waals surface area contributed by atoms with Crippen molar-refractivity contribution in [1.82, 2.24) is 11.0 Å². The average Bonchev–Trinajstić information content (AvgIpc) is 3.02. The number of methoxy groups -OCH3 is 2. The quantitative estimate of drug-likeness (QED) is 0.106. The van der Waals surface area contributed by atoms with E-state index in [1.54, 1.807) is 0 Å². The highest BCUT2D eigenvalue weighted by Gasteiger charge is 2.22. The van der Waals surface area contributed by atoms with E-state index in [9.17, 15) is 19.2 Å². The summed E-state index contributed by atoms with van der Waals surface area (Å²) < 4.78 is 9.37. The monoisotopic (exact) mass is 654 g/mol. The number of ether oxygens (including phenoxy) is 2. The fourth-order valence-corrected chi connectivity index (χ4v) is 4.38. The molecule has 0 spiro atoms. The van der Waals surface area contributed by atoms with E-state index in [-0.39, 0.29) is 16.7 Å². The third kappa shape index (κ3) is 12.2. The smallest absolute Gasteiger partial charge is 0.338 e. The molecule has 0 saturated heterocycles. The number of halogens is 1. The Morgan fingerprint density at radius 1 is 0.698 bits per heavy atom. The third-order valence-electron chi connectivity index (χ3n) is 5.89. The zero-order valence-electron chi connectivity index (χ0n) is 24.3. The van der Waals surface area contributed by atoms with Crippen LogP contribution in [0.2, 0.25) is 0 Å². The first-order valence-electron chi connectivity index (χ1n) is 13.2. The van der Waals surface area contributed by atoms with Gasteiger partial charge in [-0.1, -0.05) is 101 Å². The van der Waals surface area contributed by atoms with Crippen molar-refractivity contribution in [2.45, 2.75) is 37.6 Å². The van der Waals surface area contributed by atoms with Gasteiger partial charge in [0, 0.05) is 20.3 Å². The number of hydrogen-bond donors (Lipinski definition) is 3. The second kappa shape index (κ2) is 18.3. The lowest BCUT2D eigenvalue weighted by Gasteiger charge is -2.15. The summed E-state index contributed by atoms with van der Waals surface area (Å²) >= 11 is 3.33. The van der Waals surface area contributed by atoms with Crippen LogP contribution in [-0.4, -0.2) is 54.1 Å². The van der Waals surface area contributed by atoms with Crippen LogP contribution in [0.4, 0.5) is 0 Å². The maximum absolute atomic E-state index is 11.7. The van der Waals surface area contributed by atoms with Crippen LogP contribution in [-0.2, 0) is 46.3 Å². The molecule has 4 rings (SSSR count). The Morgan fingerprint density at radius 3 is 1.56 bits per heavy atom. The van der Waals surface area contributed by atoms with E-state index in [2.05, 4.69) is 55.1 Å². The van der Waals surface area contributed by atoms with Crippen LogP contribution in [0.5, 0.6) is 0 Å². The minimum Gasteiger partial charge on any atom is -0.468 e. The molecule has 0 aliphatic heterocycles. The third-order valence-corrected chi connectivity index (χ3v) is 6.58. The molecule has 0 bridgehead atoms. The number of carbonyl (C=O) groups is 4. The summed E-state index contributed by atoms with van der Waals surface area (Å²) in [7, 11) is 2.68. The van der Waals surface area contributed by atoms with Gasteiger partial charge in [-0.05, 0) is 39.1 Å². The maximum atomic E-state index is 11.7. The fraction of sp³-hybridized carbons (Fsp3) is 0.250. The Bertz CT molecular complexity index is 1530. The minimum atomic E-state index is -0.875.